The largest absolute Gasteiger partial charge is 0.118 e. The van der Waals surface area contributed by atoms with Gasteiger partial charge in [0.25, 0.3) is 0 Å². The predicted octanol–water partition coefficient (Wildman–Crippen LogP) is 7.26. The van der Waals surface area contributed by atoms with Crippen LogP contribution in [0.1, 0.15) is 33.9 Å². The average Bonchev–Trinajstić information content (AvgIpc) is 3.11. The number of fused-ring (bicyclic) bond motifs is 1. The summed E-state index contributed by atoms with van der Waals surface area (Å²) in [7, 11) is 0. The summed E-state index contributed by atoms with van der Waals surface area (Å²) in [6, 6.07) is 41.9. The van der Waals surface area contributed by atoms with Gasteiger partial charge in [-0.3, -0.25) is 0 Å². The van der Waals surface area contributed by atoms with Crippen LogP contribution in [0.5, 0.6) is 0 Å². The molecule has 0 saturated heterocycles. The SMILES string of the molecule is c1ccc(SC2CC(c3ccccc3)(c3ccccc3)c3ccccc32)cc1. The molecule has 0 spiro atoms. The van der Waals surface area contributed by atoms with E-state index in [9.17, 15) is 0 Å². The van der Waals surface area contributed by atoms with E-state index in [-0.39, 0.29) is 5.41 Å². The van der Waals surface area contributed by atoms with Crippen LogP contribution in [-0.4, -0.2) is 0 Å². The molecule has 0 nitrogen and oxygen atoms in total. The van der Waals surface area contributed by atoms with E-state index in [1.54, 1.807) is 0 Å². The summed E-state index contributed by atoms with van der Waals surface area (Å²) >= 11 is 1.99. The molecule has 0 aromatic heterocycles. The van der Waals surface area contributed by atoms with Crippen molar-refractivity contribution in [3.05, 3.63) is 138 Å². The van der Waals surface area contributed by atoms with Crippen LogP contribution < -0.4 is 0 Å². The second-order valence-electron chi connectivity index (χ2n) is 7.35. The highest BCUT2D eigenvalue weighted by atomic mass is 32.2. The Labute approximate surface area is 171 Å². The van der Waals surface area contributed by atoms with Crippen LogP contribution in [-0.2, 0) is 5.41 Å². The van der Waals surface area contributed by atoms with Gasteiger partial charge in [0.2, 0.25) is 0 Å². The van der Waals surface area contributed by atoms with Crippen LogP contribution in [0.2, 0.25) is 0 Å². The third-order valence-corrected chi connectivity index (χ3v) is 7.06. The highest BCUT2D eigenvalue weighted by molar-refractivity contribution is 7.99. The Morgan fingerprint density at radius 1 is 0.571 bits per heavy atom. The quantitative estimate of drug-likeness (QED) is 0.360. The molecule has 0 saturated carbocycles. The molecule has 0 heterocycles. The summed E-state index contributed by atoms with van der Waals surface area (Å²) in [5.74, 6) is 0. The van der Waals surface area contributed by atoms with Gasteiger partial charge in [-0.1, -0.05) is 103 Å². The number of hydrogen-bond donors (Lipinski definition) is 0. The van der Waals surface area contributed by atoms with E-state index in [1.807, 2.05) is 11.8 Å². The minimum atomic E-state index is -0.106. The van der Waals surface area contributed by atoms with Gasteiger partial charge in [-0.25, -0.2) is 0 Å². The van der Waals surface area contributed by atoms with Crippen molar-refractivity contribution in [3.8, 4) is 0 Å². The third-order valence-electron chi connectivity index (χ3n) is 5.81. The number of thioether (sulfide) groups is 1. The third kappa shape index (κ3) is 2.87. The minimum Gasteiger partial charge on any atom is -0.118 e. The van der Waals surface area contributed by atoms with Crippen molar-refractivity contribution in [3.63, 3.8) is 0 Å². The average molecular weight is 379 g/mol. The van der Waals surface area contributed by atoms with Crippen LogP contribution in [0.15, 0.2) is 120 Å². The predicted molar refractivity (Wildman–Crippen MR) is 119 cm³/mol. The molecule has 1 heteroatoms. The lowest BCUT2D eigenvalue weighted by Gasteiger charge is -2.32. The van der Waals surface area contributed by atoms with Gasteiger partial charge in [0.05, 0.1) is 0 Å². The molecule has 0 bridgehead atoms. The molecule has 0 N–H and O–H groups in total. The van der Waals surface area contributed by atoms with E-state index < -0.39 is 0 Å². The van der Waals surface area contributed by atoms with Gasteiger partial charge in [0, 0.05) is 15.6 Å². The molecule has 0 fully saturated rings. The standard InChI is InChI=1S/C27H22S/c1-4-12-21(13-5-1)27(22-14-6-2-7-15-22)20-26(24-18-10-11-19-25(24)27)28-23-16-8-3-9-17-23/h1-19,26H,20H2. The molecule has 1 atom stereocenters. The van der Waals surface area contributed by atoms with Crippen molar-refractivity contribution < 1.29 is 0 Å². The molecule has 0 radical (unpaired) electrons. The second-order valence-corrected chi connectivity index (χ2v) is 8.62. The van der Waals surface area contributed by atoms with Gasteiger partial charge in [0.15, 0.2) is 0 Å². The van der Waals surface area contributed by atoms with E-state index in [2.05, 4.69) is 115 Å². The van der Waals surface area contributed by atoms with Crippen LogP contribution in [0.4, 0.5) is 0 Å². The van der Waals surface area contributed by atoms with Gasteiger partial charge >= 0.3 is 0 Å². The lowest BCUT2D eigenvalue weighted by atomic mass is 9.70. The van der Waals surface area contributed by atoms with Crippen LogP contribution in [0.3, 0.4) is 0 Å². The first-order valence-corrected chi connectivity index (χ1v) is 10.7. The lowest BCUT2D eigenvalue weighted by Crippen LogP contribution is -2.26. The Hall–Kier alpha value is -2.77. The molecule has 1 aliphatic rings. The van der Waals surface area contributed by atoms with Gasteiger partial charge in [-0.15, -0.1) is 11.8 Å². The first-order chi connectivity index (χ1) is 13.9. The Morgan fingerprint density at radius 3 is 1.68 bits per heavy atom. The lowest BCUT2D eigenvalue weighted by molar-refractivity contribution is 0.605. The summed E-state index contributed by atoms with van der Waals surface area (Å²) in [4.78, 5) is 1.33. The van der Waals surface area contributed by atoms with E-state index in [0.29, 0.717) is 5.25 Å². The summed E-state index contributed by atoms with van der Waals surface area (Å²) in [6.07, 6.45) is 1.07. The Kier molecular flexibility index (Phi) is 4.54. The van der Waals surface area contributed by atoms with E-state index >= 15 is 0 Å². The van der Waals surface area contributed by atoms with Crippen molar-refractivity contribution in [1.29, 1.82) is 0 Å². The van der Waals surface area contributed by atoms with Crippen molar-refractivity contribution in [1.82, 2.24) is 0 Å². The maximum absolute atomic E-state index is 2.33. The molecule has 5 rings (SSSR count). The van der Waals surface area contributed by atoms with Crippen LogP contribution in [0.25, 0.3) is 0 Å². The molecular formula is C27H22S. The second kappa shape index (κ2) is 7.33. The Balaban J connectivity index is 1.70. The molecule has 28 heavy (non-hydrogen) atoms. The summed E-state index contributed by atoms with van der Waals surface area (Å²) in [5.41, 5.74) is 5.56. The maximum atomic E-state index is 2.33. The number of benzene rings is 4. The van der Waals surface area contributed by atoms with Crippen molar-refractivity contribution in [2.24, 2.45) is 0 Å². The number of hydrogen-bond acceptors (Lipinski definition) is 1. The Morgan fingerprint density at radius 2 is 1.07 bits per heavy atom. The van der Waals surface area contributed by atoms with Crippen molar-refractivity contribution in [2.75, 3.05) is 0 Å². The molecular weight excluding hydrogens is 356 g/mol. The smallest absolute Gasteiger partial charge is 0.0468 e. The van der Waals surface area contributed by atoms with E-state index in [0.717, 1.165) is 6.42 Å². The van der Waals surface area contributed by atoms with Crippen LogP contribution in [0, 0.1) is 0 Å². The zero-order valence-corrected chi connectivity index (χ0v) is 16.5. The Bertz CT molecular complexity index is 1020. The minimum absolute atomic E-state index is 0.106. The summed E-state index contributed by atoms with van der Waals surface area (Å²) in [5, 5.41) is 0.430. The first-order valence-electron chi connectivity index (χ1n) is 9.80. The van der Waals surface area contributed by atoms with Gasteiger partial charge in [0.1, 0.15) is 0 Å². The fourth-order valence-corrected chi connectivity index (χ4v) is 5.90. The highest BCUT2D eigenvalue weighted by Gasteiger charge is 2.46. The van der Waals surface area contributed by atoms with E-state index in [1.165, 1.54) is 27.1 Å². The van der Waals surface area contributed by atoms with Crippen molar-refractivity contribution in [2.45, 2.75) is 22.0 Å². The maximum Gasteiger partial charge on any atom is 0.0468 e. The first kappa shape index (κ1) is 17.3. The molecule has 0 aliphatic heterocycles. The number of rotatable bonds is 4. The fraction of sp³-hybridized carbons (Fsp3) is 0.111. The zero-order chi connectivity index (χ0) is 18.8. The monoisotopic (exact) mass is 378 g/mol. The van der Waals surface area contributed by atoms with E-state index in [4.69, 9.17) is 0 Å². The highest BCUT2D eigenvalue weighted by Crippen LogP contribution is 2.58. The zero-order valence-electron chi connectivity index (χ0n) is 15.7. The molecule has 136 valence electrons. The molecule has 1 aliphatic carbocycles. The van der Waals surface area contributed by atoms with Gasteiger partial charge in [-0.05, 0) is 40.8 Å². The molecule has 4 aromatic carbocycles. The normalized spacial score (nSPS) is 17.2. The van der Waals surface area contributed by atoms with Gasteiger partial charge < -0.3 is 0 Å². The topological polar surface area (TPSA) is 0 Å². The van der Waals surface area contributed by atoms with Crippen molar-refractivity contribution >= 4 is 11.8 Å². The fourth-order valence-electron chi connectivity index (χ4n) is 4.59. The summed E-state index contributed by atoms with van der Waals surface area (Å²) in [6.45, 7) is 0. The van der Waals surface area contributed by atoms with Gasteiger partial charge in [-0.2, -0.15) is 0 Å². The summed E-state index contributed by atoms with van der Waals surface area (Å²) < 4.78 is 0. The molecule has 1 unspecified atom stereocenters. The molecule has 0 amide bonds. The van der Waals surface area contributed by atoms with Crippen LogP contribution >= 0.6 is 11.8 Å². The molecule has 4 aromatic rings.